The Morgan fingerprint density at radius 3 is 2.24 bits per heavy atom. The molecule has 3 rings (SSSR count). The zero-order chi connectivity index (χ0) is 24.4. The van der Waals surface area contributed by atoms with Gasteiger partial charge >= 0.3 is 12.1 Å². The molecule has 0 fully saturated rings. The molecule has 0 aliphatic carbocycles. The van der Waals surface area contributed by atoms with E-state index in [1.807, 2.05) is 6.07 Å². The average molecular weight is 471 g/mol. The zero-order valence-electron chi connectivity index (χ0n) is 18.8. The van der Waals surface area contributed by atoms with Gasteiger partial charge in [-0.1, -0.05) is 42.5 Å². The van der Waals surface area contributed by atoms with Crippen LogP contribution in [0.15, 0.2) is 71.8 Å². The average Bonchev–Trinajstić information content (AvgIpc) is 3.18. The Bertz CT molecular complexity index is 1270. The predicted molar refractivity (Wildman–Crippen MR) is 124 cm³/mol. The number of hydrogen-bond donors (Lipinski definition) is 1. The molecular weight excluding hydrogens is 444 g/mol. The predicted octanol–water partition coefficient (Wildman–Crippen LogP) is 4.46. The van der Waals surface area contributed by atoms with Gasteiger partial charge in [0, 0.05) is 13.2 Å². The van der Waals surface area contributed by atoms with E-state index >= 15 is 0 Å². The van der Waals surface area contributed by atoms with Gasteiger partial charge in [-0.3, -0.25) is 0 Å². The van der Waals surface area contributed by atoms with Gasteiger partial charge in [0.15, 0.2) is 0 Å². The van der Waals surface area contributed by atoms with Gasteiger partial charge in [-0.05, 0) is 50.1 Å². The third-order valence-electron chi connectivity index (χ3n) is 4.69. The molecule has 33 heavy (non-hydrogen) atoms. The van der Waals surface area contributed by atoms with Gasteiger partial charge in [0.25, 0.3) is 10.0 Å². The Hall–Kier alpha value is -3.59. The van der Waals surface area contributed by atoms with Crippen molar-refractivity contribution in [2.45, 2.75) is 37.8 Å². The molecule has 3 aromatic rings. The quantitative estimate of drug-likeness (QED) is 0.570. The summed E-state index contributed by atoms with van der Waals surface area (Å²) in [4.78, 5) is 25.1. The molecule has 1 aromatic heterocycles. The van der Waals surface area contributed by atoms with Crippen LogP contribution >= 0.6 is 0 Å². The van der Waals surface area contributed by atoms with Gasteiger partial charge < -0.3 is 14.7 Å². The Balaban J connectivity index is 2.09. The maximum Gasteiger partial charge on any atom is 0.410 e. The standard InChI is InChI=1S/C24H26N2O6S/c1-24(2,3)32-23(29)25(4)15-17-14-20(18-10-6-5-7-11-18)26(16-17)33(30,31)21-13-9-8-12-19(21)22(27)28/h5-14,16H,15H2,1-4H3,(H,27,28). The van der Waals surface area contributed by atoms with Crippen LogP contribution in [0.25, 0.3) is 11.3 Å². The number of carbonyl (C=O) groups excluding carboxylic acids is 1. The minimum atomic E-state index is -4.26. The summed E-state index contributed by atoms with van der Waals surface area (Å²) in [5.41, 5.74) is 0.524. The number of aromatic carboxylic acids is 1. The van der Waals surface area contributed by atoms with E-state index in [1.54, 1.807) is 58.2 Å². The van der Waals surface area contributed by atoms with Crippen LogP contribution < -0.4 is 0 Å². The van der Waals surface area contributed by atoms with E-state index in [0.717, 1.165) is 3.97 Å². The Labute approximate surface area is 193 Å². The van der Waals surface area contributed by atoms with E-state index in [9.17, 15) is 23.1 Å². The fourth-order valence-electron chi connectivity index (χ4n) is 3.25. The molecular formula is C24H26N2O6S. The van der Waals surface area contributed by atoms with Crippen LogP contribution in [-0.4, -0.2) is 47.1 Å². The van der Waals surface area contributed by atoms with Crippen molar-refractivity contribution in [1.82, 2.24) is 8.87 Å². The number of ether oxygens (including phenoxy) is 1. The van der Waals surface area contributed by atoms with E-state index in [4.69, 9.17) is 4.74 Å². The van der Waals surface area contributed by atoms with Crippen LogP contribution in [0, 0.1) is 0 Å². The van der Waals surface area contributed by atoms with Crippen LogP contribution in [0.5, 0.6) is 0 Å². The summed E-state index contributed by atoms with van der Waals surface area (Å²) in [6.07, 6.45) is 0.854. The topological polar surface area (TPSA) is 106 Å². The number of hydrogen-bond acceptors (Lipinski definition) is 5. The third kappa shape index (κ3) is 5.43. The number of benzene rings is 2. The molecule has 1 amide bonds. The van der Waals surface area contributed by atoms with Crippen molar-refractivity contribution >= 4 is 22.1 Å². The molecule has 0 atom stereocenters. The van der Waals surface area contributed by atoms with E-state index in [-0.39, 0.29) is 17.0 Å². The highest BCUT2D eigenvalue weighted by Crippen LogP contribution is 2.29. The van der Waals surface area contributed by atoms with E-state index in [2.05, 4.69) is 0 Å². The number of carboxylic acid groups (broad SMARTS) is 1. The molecule has 0 aliphatic rings. The Morgan fingerprint density at radius 2 is 1.64 bits per heavy atom. The molecule has 1 heterocycles. The van der Waals surface area contributed by atoms with Gasteiger partial charge in [0.05, 0.1) is 17.8 Å². The number of carbonyl (C=O) groups is 2. The number of aromatic nitrogens is 1. The lowest BCUT2D eigenvalue weighted by Gasteiger charge is -2.24. The number of rotatable bonds is 6. The van der Waals surface area contributed by atoms with Crippen LogP contribution in [0.3, 0.4) is 0 Å². The molecule has 0 bridgehead atoms. The second-order valence-electron chi connectivity index (χ2n) is 8.54. The largest absolute Gasteiger partial charge is 0.478 e. The monoisotopic (exact) mass is 470 g/mol. The molecule has 174 valence electrons. The van der Waals surface area contributed by atoms with E-state index in [0.29, 0.717) is 16.8 Å². The first kappa shape index (κ1) is 24.1. The van der Waals surface area contributed by atoms with Gasteiger partial charge in [-0.2, -0.15) is 0 Å². The maximum absolute atomic E-state index is 13.6. The van der Waals surface area contributed by atoms with E-state index in [1.165, 1.54) is 35.4 Å². The van der Waals surface area contributed by atoms with Crippen molar-refractivity contribution in [2.75, 3.05) is 7.05 Å². The number of nitrogens with zero attached hydrogens (tertiary/aromatic N) is 2. The minimum Gasteiger partial charge on any atom is -0.478 e. The lowest BCUT2D eigenvalue weighted by molar-refractivity contribution is 0.0285. The molecule has 0 saturated carbocycles. The summed E-state index contributed by atoms with van der Waals surface area (Å²) in [6.45, 7) is 5.37. The molecule has 0 unspecified atom stereocenters. The maximum atomic E-state index is 13.6. The van der Waals surface area contributed by atoms with Crippen LogP contribution in [-0.2, 0) is 21.3 Å². The Kier molecular flexibility index (Phi) is 6.64. The summed E-state index contributed by atoms with van der Waals surface area (Å²) in [7, 11) is -2.70. The molecule has 1 N–H and O–H groups in total. The summed E-state index contributed by atoms with van der Waals surface area (Å²) in [6, 6.07) is 16.0. The van der Waals surface area contributed by atoms with Crippen LogP contribution in [0.2, 0.25) is 0 Å². The molecule has 2 aromatic carbocycles. The molecule has 8 nitrogen and oxygen atoms in total. The number of carboxylic acids is 1. The summed E-state index contributed by atoms with van der Waals surface area (Å²) in [5, 5.41) is 9.51. The summed E-state index contributed by atoms with van der Waals surface area (Å²) in [5.74, 6) is -1.34. The first-order chi connectivity index (χ1) is 15.4. The van der Waals surface area contributed by atoms with Gasteiger partial charge in [0.2, 0.25) is 0 Å². The minimum absolute atomic E-state index is 0.0951. The van der Waals surface area contributed by atoms with Gasteiger partial charge in [0.1, 0.15) is 10.5 Å². The fourth-order valence-corrected chi connectivity index (χ4v) is 4.84. The van der Waals surface area contributed by atoms with Crippen molar-refractivity contribution in [1.29, 1.82) is 0 Å². The normalized spacial score (nSPS) is 11.8. The van der Waals surface area contributed by atoms with Gasteiger partial charge in [-0.15, -0.1) is 0 Å². The van der Waals surface area contributed by atoms with Crippen LogP contribution in [0.4, 0.5) is 4.79 Å². The van der Waals surface area contributed by atoms with Crippen molar-refractivity contribution in [3.8, 4) is 11.3 Å². The second-order valence-corrected chi connectivity index (χ2v) is 10.3. The highest BCUT2D eigenvalue weighted by molar-refractivity contribution is 7.90. The first-order valence-electron chi connectivity index (χ1n) is 10.2. The smallest absolute Gasteiger partial charge is 0.410 e. The molecule has 0 spiro atoms. The SMILES string of the molecule is CN(Cc1cc(-c2ccccc2)n(S(=O)(=O)c2ccccc2C(=O)O)c1)C(=O)OC(C)(C)C. The second kappa shape index (κ2) is 9.11. The van der Waals surface area contributed by atoms with Crippen molar-refractivity contribution < 1.29 is 27.9 Å². The molecule has 0 aliphatic heterocycles. The fraction of sp³-hybridized carbons (Fsp3) is 0.250. The first-order valence-corrected chi connectivity index (χ1v) is 11.6. The Morgan fingerprint density at radius 1 is 1.03 bits per heavy atom. The van der Waals surface area contributed by atoms with E-state index < -0.39 is 27.7 Å². The van der Waals surface area contributed by atoms with Crippen molar-refractivity contribution in [3.05, 3.63) is 78.0 Å². The summed E-state index contributed by atoms with van der Waals surface area (Å²) >= 11 is 0. The third-order valence-corrected chi connectivity index (χ3v) is 6.42. The van der Waals surface area contributed by atoms with Gasteiger partial charge in [-0.25, -0.2) is 22.0 Å². The number of amides is 1. The molecule has 9 heteroatoms. The zero-order valence-corrected chi connectivity index (χ0v) is 19.7. The highest BCUT2D eigenvalue weighted by Gasteiger charge is 2.27. The van der Waals surface area contributed by atoms with Crippen LogP contribution in [0.1, 0.15) is 36.7 Å². The molecule has 0 saturated heterocycles. The lowest BCUT2D eigenvalue weighted by Crippen LogP contribution is -2.33. The lowest BCUT2D eigenvalue weighted by atomic mass is 10.1. The summed E-state index contributed by atoms with van der Waals surface area (Å²) < 4.78 is 33.6. The van der Waals surface area contributed by atoms with Crippen molar-refractivity contribution in [2.24, 2.45) is 0 Å². The van der Waals surface area contributed by atoms with Crippen molar-refractivity contribution in [3.63, 3.8) is 0 Å². The highest BCUT2D eigenvalue weighted by atomic mass is 32.2. The molecule has 0 radical (unpaired) electrons.